The number of nitrogens with zero attached hydrogens (tertiary/aromatic N) is 3. The highest BCUT2D eigenvalue weighted by Crippen LogP contribution is 2.43. The maximum absolute atomic E-state index is 2.47. The minimum Gasteiger partial charge on any atom is -0.310 e. The lowest BCUT2D eigenvalue weighted by Crippen LogP contribution is -2.10. The Hall–Kier alpha value is -7.88. The molecule has 3 heteroatoms. The zero-order chi connectivity index (χ0) is 38.9. The van der Waals surface area contributed by atoms with E-state index in [0.717, 1.165) is 28.4 Å². The van der Waals surface area contributed by atoms with E-state index >= 15 is 0 Å². The number of para-hydroxylation sites is 3. The molecule has 0 N–H and O–H groups in total. The minimum absolute atomic E-state index is 1.09. The molecule has 10 aromatic carbocycles. The topological polar surface area (TPSA) is 13.1 Å². The molecule has 0 fully saturated rings. The number of hydrogen-bond acceptors (Lipinski definition) is 1. The van der Waals surface area contributed by atoms with E-state index in [1.54, 1.807) is 0 Å². The van der Waals surface area contributed by atoms with E-state index in [4.69, 9.17) is 0 Å². The van der Waals surface area contributed by atoms with Gasteiger partial charge in [-0.05, 0) is 112 Å². The van der Waals surface area contributed by atoms with Crippen molar-refractivity contribution in [2.75, 3.05) is 4.90 Å². The van der Waals surface area contributed by atoms with Crippen molar-refractivity contribution in [1.82, 2.24) is 9.13 Å². The summed E-state index contributed by atoms with van der Waals surface area (Å²) in [6.45, 7) is 0. The summed E-state index contributed by atoms with van der Waals surface area (Å²) in [6, 6.07) is 81.7. The SMILES string of the molecule is c1ccc(N(c2ccccc2)c2cccc(-n3c4cc5c(cc4c4c6ccccc6ccc43)c3ccccc3n5-c3ccc(-c4cccc5ccccc45)cc3)c2)cc1. The molecule has 0 amide bonds. The van der Waals surface area contributed by atoms with E-state index in [1.807, 2.05) is 0 Å². The quantitative estimate of drug-likeness (QED) is 0.165. The molecule has 59 heavy (non-hydrogen) atoms. The number of rotatable bonds is 6. The third-order valence-electron chi connectivity index (χ3n) is 12.0. The fourth-order valence-corrected chi connectivity index (χ4v) is 9.44. The predicted octanol–water partition coefficient (Wildman–Crippen LogP) is 15.3. The summed E-state index contributed by atoms with van der Waals surface area (Å²) in [5.41, 5.74) is 12.7. The molecule has 276 valence electrons. The summed E-state index contributed by atoms with van der Waals surface area (Å²) in [5, 5.41) is 10.0. The van der Waals surface area contributed by atoms with Crippen molar-refractivity contribution in [2.24, 2.45) is 0 Å². The molecule has 2 heterocycles. The average molecular weight is 752 g/mol. The Balaban J connectivity index is 1.11. The molecule has 0 aliphatic carbocycles. The van der Waals surface area contributed by atoms with Crippen molar-refractivity contribution in [3.63, 3.8) is 0 Å². The van der Waals surface area contributed by atoms with Gasteiger partial charge in [0.15, 0.2) is 0 Å². The van der Waals surface area contributed by atoms with Crippen molar-refractivity contribution in [2.45, 2.75) is 0 Å². The number of fused-ring (bicyclic) bond motifs is 9. The van der Waals surface area contributed by atoms with Crippen LogP contribution >= 0.6 is 0 Å². The highest BCUT2D eigenvalue weighted by atomic mass is 15.1. The maximum atomic E-state index is 2.47. The fraction of sp³-hybridized carbons (Fsp3) is 0. The van der Waals surface area contributed by atoms with Crippen LogP contribution in [0, 0.1) is 0 Å². The van der Waals surface area contributed by atoms with E-state index in [-0.39, 0.29) is 0 Å². The zero-order valence-corrected chi connectivity index (χ0v) is 32.2. The molecule has 0 atom stereocenters. The van der Waals surface area contributed by atoms with Gasteiger partial charge in [0.2, 0.25) is 0 Å². The van der Waals surface area contributed by atoms with Gasteiger partial charge in [-0.1, -0.05) is 146 Å². The van der Waals surface area contributed by atoms with E-state index in [9.17, 15) is 0 Å². The van der Waals surface area contributed by atoms with Gasteiger partial charge >= 0.3 is 0 Å². The van der Waals surface area contributed by atoms with Crippen LogP contribution in [0.25, 0.3) is 87.7 Å². The average Bonchev–Trinajstić information content (AvgIpc) is 3.81. The van der Waals surface area contributed by atoms with Crippen LogP contribution in [-0.2, 0) is 0 Å². The van der Waals surface area contributed by atoms with E-state index in [2.05, 4.69) is 238 Å². The molecule has 0 aliphatic heterocycles. The van der Waals surface area contributed by atoms with Crippen molar-refractivity contribution in [3.05, 3.63) is 224 Å². The summed E-state index contributed by atoms with van der Waals surface area (Å²) in [4.78, 5) is 2.34. The second-order valence-electron chi connectivity index (χ2n) is 15.4. The summed E-state index contributed by atoms with van der Waals surface area (Å²) in [7, 11) is 0. The third-order valence-corrected chi connectivity index (χ3v) is 12.0. The number of anilines is 3. The molecule has 0 saturated heterocycles. The first-order valence-electron chi connectivity index (χ1n) is 20.3. The van der Waals surface area contributed by atoms with Crippen LogP contribution in [-0.4, -0.2) is 9.13 Å². The van der Waals surface area contributed by atoms with Gasteiger partial charge in [-0.3, -0.25) is 0 Å². The number of hydrogen-bond donors (Lipinski definition) is 0. The molecule has 0 radical (unpaired) electrons. The van der Waals surface area contributed by atoms with E-state index < -0.39 is 0 Å². The molecule has 0 saturated carbocycles. The van der Waals surface area contributed by atoms with Crippen LogP contribution in [0.15, 0.2) is 224 Å². The van der Waals surface area contributed by atoms with Crippen molar-refractivity contribution in [3.8, 4) is 22.5 Å². The maximum Gasteiger partial charge on any atom is 0.0562 e. The van der Waals surface area contributed by atoms with Crippen molar-refractivity contribution >= 4 is 82.2 Å². The first-order chi connectivity index (χ1) is 29.3. The van der Waals surface area contributed by atoms with Gasteiger partial charge in [-0.15, -0.1) is 0 Å². The normalized spacial score (nSPS) is 11.7. The van der Waals surface area contributed by atoms with Crippen LogP contribution in [0.5, 0.6) is 0 Å². The van der Waals surface area contributed by atoms with Gasteiger partial charge in [-0.2, -0.15) is 0 Å². The lowest BCUT2D eigenvalue weighted by Gasteiger charge is -2.26. The Bertz CT molecular complexity index is 3500. The molecule has 12 rings (SSSR count). The largest absolute Gasteiger partial charge is 0.310 e. The summed E-state index contributed by atoms with van der Waals surface area (Å²) in [6.07, 6.45) is 0. The molecular formula is C56H37N3. The number of benzene rings is 10. The van der Waals surface area contributed by atoms with Crippen molar-refractivity contribution < 1.29 is 0 Å². The Morgan fingerprint density at radius 1 is 0.288 bits per heavy atom. The van der Waals surface area contributed by atoms with Gasteiger partial charge in [0, 0.05) is 50.0 Å². The van der Waals surface area contributed by atoms with Gasteiger partial charge in [-0.25, -0.2) is 0 Å². The van der Waals surface area contributed by atoms with Gasteiger partial charge < -0.3 is 14.0 Å². The van der Waals surface area contributed by atoms with Crippen molar-refractivity contribution in [1.29, 1.82) is 0 Å². The highest BCUT2D eigenvalue weighted by molar-refractivity contribution is 6.25. The molecule has 12 aromatic rings. The first kappa shape index (κ1) is 33.3. The second-order valence-corrected chi connectivity index (χ2v) is 15.4. The summed E-state index contributed by atoms with van der Waals surface area (Å²) in [5.74, 6) is 0. The Morgan fingerprint density at radius 2 is 0.864 bits per heavy atom. The van der Waals surface area contributed by atoms with E-state index in [1.165, 1.54) is 76.3 Å². The second kappa shape index (κ2) is 13.4. The molecule has 0 aliphatic rings. The van der Waals surface area contributed by atoms with Crippen LogP contribution < -0.4 is 4.90 Å². The molecular weight excluding hydrogens is 715 g/mol. The van der Waals surface area contributed by atoms with Gasteiger partial charge in [0.1, 0.15) is 0 Å². The standard InChI is InChI=1S/C56H37N3/c1-3-18-41(19-4-1)57(42-20-5-2-6-21-42)44-22-14-23-45(35-44)59-53-34-31-39-16-8-10-25-48(39)56(53)51-36-50-49-26-11-12-28-52(49)58(54(50)37-55(51)59)43-32-29-40(30-33-43)47-27-13-17-38-15-7-9-24-46(38)47/h1-37H. The lowest BCUT2D eigenvalue weighted by atomic mass is 9.98. The Kier molecular flexibility index (Phi) is 7.54. The smallest absolute Gasteiger partial charge is 0.0562 e. The molecule has 0 spiro atoms. The molecule has 2 aromatic heterocycles. The van der Waals surface area contributed by atoms with E-state index in [0.29, 0.717) is 0 Å². The lowest BCUT2D eigenvalue weighted by molar-refractivity contribution is 1.16. The summed E-state index contributed by atoms with van der Waals surface area (Å²) < 4.78 is 4.92. The monoisotopic (exact) mass is 751 g/mol. The van der Waals surface area contributed by atoms with Gasteiger partial charge in [0.25, 0.3) is 0 Å². The fourth-order valence-electron chi connectivity index (χ4n) is 9.44. The molecule has 3 nitrogen and oxygen atoms in total. The van der Waals surface area contributed by atoms with Crippen LogP contribution in [0.2, 0.25) is 0 Å². The van der Waals surface area contributed by atoms with Gasteiger partial charge in [0.05, 0.1) is 22.1 Å². The molecule has 0 unspecified atom stereocenters. The van der Waals surface area contributed by atoms with Crippen LogP contribution in [0.3, 0.4) is 0 Å². The predicted molar refractivity (Wildman–Crippen MR) is 250 cm³/mol. The first-order valence-corrected chi connectivity index (χ1v) is 20.3. The number of aromatic nitrogens is 2. The van der Waals surface area contributed by atoms with Crippen LogP contribution in [0.1, 0.15) is 0 Å². The zero-order valence-electron chi connectivity index (χ0n) is 32.2. The Morgan fingerprint density at radius 3 is 1.63 bits per heavy atom. The molecule has 0 bridgehead atoms. The minimum atomic E-state index is 1.09. The Labute approximate surface area is 341 Å². The third kappa shape index (κ3) is 5.29. The summed E-state index contributed by atoms with van der Waals surface area (Å²) >= 11 is 0. The van der Waals surface area contributed by atoms with Crippen LogP contribution in [0.4, 0.5) is 17.1 Å². The highest BCUT2D eigenvalue weighted by Gasteiger charge is 2.21.